The standard InChI is InChI=1S/C26H34N4O7S2/c1-15(2)29-11-10-20-21(14-29)38-25(22(20)24(32)28-26(33)36-5)27-23(31)18-6-8-19(9-7-18)39(34,35)30-12-16(3)37-17(4)13-30/h6-9,15-17H,10-14H2,1-5H3,(H,27,31)(H,28,32,33). The molecule has 0 spiro atoms. The lowest BCUT2D eigenvalue weighted by Gasteiger charge is -2.34. The number of carbonyl (C=O) groups is 3. The maximum absolute atomic E-state index is 13.2. The van der Waals surface area contributed by atoms with E-state index in [0.29, 0.717) is 24.0 Å². The number of sulfonamides is 1. The Hall–Kier alpha value is -2.84. The third-order valence-corrected chi connectivity index (χ3v) is 9.79. The number of amides is 3. The fraction of sp³-hybridized carbons (Fsp3) is 0.500. The van der Waals surface area contributed by atoms with Crippen molar-refractivity contribution in [2.75, 3.05) is 32.1 Å². The van der Waals surface area contributed by atoms with Crippen LogP contribution in [-0.4, -0.2) is 80.5 Å². The molecule has 4 rings (SSSR count). The molecule has 11 nitrogen and oxygen atoms in total. The van der Waals surface area contributed by atoms with Gasteiger partial charge in [-0.05, 0) is 63.9 Å². The number of nitrogens with one attached hydrogen (secondary N) is 2. The number of hydrogen-bond acceptors (Lipinski definition) is 9. The quantitative estimate of drug-likeness (QED) is 0.534. The summed E-state index contributed by atoms with van der Waals surface area (Å²) >= 11 is 1.29. The molecular weight excluding hydrogens is 544 g/mol. The zero-order valence-corrected chi connectivity index (χ0v) is 24.3. The highest BCUT2D eigenvalue weighted by Crippen LogP contribution is 2.38. The normalized spacial score (nSPS) is 20.4. The average Bonchev–Trinajstić information content (AvgIpc) is 3.25. The first-order valence-corrected chi connectivity index (χ1v) is 15.0. The molecule has 2 aromatic rings. The second-order valence-corrected chi connectivity index (χ2v) is 13.1. The van der Waals surface area contributed by atoms with Crippen molar-refractivity contribution in [3.8, 4) is 0 Å². The van der Waals surface area contributed by atoms with Crippen LogP contribution in [-0.2, 0) is 32.5 Å². The fourth-order valence-electron chi connectivity index (χ4n) is 4.83. The Morgan fingerprint density at radius 1 is 1.08 bits per heavy atom. The van der Waals surface area contributed by atoms with Gasteiger partial charge in [-0.2, -0.15) is 4.31 Å². The van der Waals surface area contributed by atoms with Gasteiger partial charge in [0.2, 0.25) is 10.0 Å². The Morgan fingerprint density at radius 3 is 2.31 bits per heavy atom. The number of fused-ring (bicyclic) bond motifs is 1. The molecule has 1 aromatic carbocycles. The highest BCUT2D eigenvalue weighted by molar-refractivity contribution is 7.89. The number of carbonyl (C=O) groups excluding carboxylic acids is 3. The number of hydrogen-bond donors (Lipinski definition) is 2. The first-order chi connectivity index (χ1) is 18.4. The van der Waals surface area contributed by atoms with E-state index in [-0.39, 0.29) is 41.3 Å². The molecule has 2 unspecified atom stereocenters. The SMILES string of the molecule is COC(=O)NC(=O)c1c(NC(=O)c2ccc(S(=O)(=O)N3CC(C)OC(C)C3)cc2)sc2c1CCN(C(C)C)C2. The number of thiophene rings is 1. The summed E-state index contributed by atoms with van der Waals surface area (Å²) in [5, 5.41) is 5.32. The monoisotopic (exact) mass is 578 g/mol. The zero-order chi connectivity index (χ0) is 28.5. The molecule has 2 aliphatic heterocycles. The summed E-state index contributed by atoms with van der Waals surface area (Å²) in [4.78, 5) is 41.2. The number of benzene rings is 1. The number of alkyl carbamates (subject to hydrolysis) is 1. The second-order valence-electron chi connectivity index (χ2n) is 10.0. The Labute approximate surface area is 232 Å². The first-order valence-electron chi connectivity index (χ1n) is 12.8. The van der Waals surface area contributed by atoms with E-state index >= 15 is 0 Å². The third-order valence-electron chi connectivity index (χ3n) is 6.81. The number of anilines is 1. The van der Waals surface area contributed by atoms with Crippen molar-refractivity contribution in [1.82, 2.24) is 14.5 Å². The van der Waals surface area contributed by atoms with Crippen molar-refractivity contribution in [3.05, 3.63) is 45.8 Å². The van der Waals surface area contributed by atoms with E-state index in [1.54, 1.807) is 0 Å². The maximum atomic E-state index is 13.2. The van der Waals surface area contributed by atoms with Crippen LogP contribution in [0.4, 0.5) is 9.80 Å². The Balaban J connectivity index is 1.57. The number of morpholine rings is 1. The van der Waals surface area contributed by atoms with Crippen LogP contribution in [0.1, 0.15) is 58.9 Å². The second kappa shape index (κ2) is 11.7. The van der Waals surface area contributed by atoms with Gasteiger partial charge < -0.3 is 14.8 Å². The average molecular weight is 579 g/mol. The molecule has 0 radical (unpaired) electrons. The van der Waals surface area contributed by atoms with Crippen molar-refractivity contribution in [3.63, 3.8) is 0 Å². The summed E-state index contributed by atoms with van der Waals surface area (Å²) in [7, 11) is -2.59. The lowest BCUT2D eigenvalue weighted by Crippen LogP contribution is -2.48. The van der Waals surface area contributed by atoms with E-state index in [2.05, 4.69) is 34.1 Å². The van der Waals surface area contributed by atoms with Crippen LogP contribution in [0.5, 0.6) is 0 Å². The van der Waals surface area contributed by atoms with Crippen molar-refractivity contribution in [1.29, 1.82) is 0 Å². The molecule has 212 valence electrons. The van der Waals surface area contributed by atoms with E-state index < -0.39 is 27.9 Å². The molecule has 2 N–H and O–H groups in total. The zero-order valence-electron chi connectivity index (χ0n) is 22.6. The van der Waals surface area contributed by atoms with E-state index in [1.807, 2.05) is 13.8 Å². The largest absolute Gasteiger partial charge is 0.453 e. The van der Waals surface area contributed by atoms with Gasteiger partial charge >= 0.3 is 6.09 Å². The third kappa shape index (κ3) is 6.33. The van der Waals surface area contributed by atoms with E-state index in [9.17, 15) is 22.8 Å². The summed E-state index contributed by atoms with van der Waals surface area (Å²) in [6, 6.07) is 6.00. The first kappa shape index (κ1) is 29.2. The van der Waals surface area contributed by atoms with Crippen molar-refractivity contribution < 1.29 is 32.3 Å². The summed E-state index contributed by atoms with van der Waals surface area (Å²) in [5.41, 5.74) is 1.27. The molecule has 0 aliphatic carbocycles. The van der Waals surface area contributed by atoms with Crippen LogP contribution >= 0.6 is 11.3 Å². The van der Waals surface area contributed by atoms with E-state index in [1.165, 1.54) is 47.0 Å². The van der Waals surface area contributed by atoms with Gasteiger partial charge in [-0.1, -0.05) is 0 Å². The number of nitrogens with zero attached hydrogens (tertiary/aromatic N) is 2. The molecule has 13 heteroatoms. The summed E-state index contributed by atoms with van der Waals surface area (Å²) < 4.78 is 37.9. The minimum Gasteiger partial charge on any atom is -0.453 e. The van der Waals surface area contributed by atoms with Crippen molar-refractivity contribution in [2.24, 2.45) is 0 Å². The van der Waals surface area contributed by atoms with E-state index in [4.69, 9.17) is 4.74 Å². The molecule has 1 aromatic heterocycles. The van der Waals surface area contributed by atoms with Gasteiger partial charge in [0, 0.05) is 42.7 Å². The van der Waals surface area contributed by atoms with Gasteiger partial charge in [0.15, 0.2) is 0 Å². The predicted octanol–water partition coefficient (Wildman–Crippen LogP) is 3.06. The van der Waals surface area contributed by atoms with Crippen LogP contribution < -0.4 is 10.6 Å². The van der Waals surface area contributed by atoms with Crippen LogP contribution in [0.15, 0.2) is 29.2 Å². The lowest BCUT2D eigenvalue weighted by atomic mass is 10.0. The van der Waals surface area contributed by atoms with Crippen LogP contribution in [0.25, 0.3) is 0 Å². The number of methoxy groups -OCH3 is 1. The molecule has 3 heterocycles. The highest BCUT2D eigenvalue weighted by Gasteiger charge is 2.33. The Bertz CT molecular complexity index is 1350. The summed E-state index contributed by atoms with van der Waals surface area (Å²) in [5.74, 6) is -1.15. The van der Waals surface area contributed by atoms with Crippen LogP contribution in [0.2, 0.25) is 0 Å². The van der Waals surface area contributed by atoms with Gasteiger partial charge in [-0.3, -0.25) is 19.8 Å². The number of imide groups is 1. The molecule has 0 bridgehead atoms. The topological polar surface area (TPSA) is 134 Å². The Kier molecular flexibility index (Phi) is 8.76. The van der Waals surface area contributed by atoms with Crippen LogP contribution in [0, 0.1) is 0 Å². The predicted molar refractivity (Wildman–Crippen MR) is 147 cm³/mol. The maximum Gasteiger partial charge on any atom is 0.413 e. The van der Waals surface area contributed by atoms with Gasteiger partial charge in [0.1, 0.15) is 5.00 Å². The Morgan fingerprint density at radius 2 is 1.72 bits per heavy atom. The molecule has 0 saturated carbocycles. The summed E-state index contributed by atoms with van der Waals surface area (Å²) in [6.07, 6.45) is -0.737. The smallest absolute Gasteiger partial charge is 0.413 e. The minimum absolute atomic E-state index is 0.0823. The van der Waals surface area contributed by atoms with Gasteiger partial charge in [-0.25, -0.2) is 13.2 Å². The highest BCUT2D eigenvalue weighted by atomic mass is 32.2. The molecule has 1 saturated heterocycles. The number of rotatable bonds is 6. The van der Waals surface area contributed by atoms with Crippen LogP contribution in [0.3, 0.4) is 0 Å². The molecule has 1 fully saturated rings. The fourth-order valence-corrected chi connectivity index (χ4v) is 7.68. The molecule has 2 atom stereocenters. The molecule has 3 amide bonds. The molecular formula is C26H34N4O7S2. The lowest BCUT2D eigenvalue weighted by molar-refractivity contribution is -0.0440. The number of ether oxygens (including phenoxy) is 2. The van der Waals surface area contributed by atoms with Gasteiger partial charge in [-0.15, -0.1) is 11.3 Å². The van der Waals surface area contributed by atoms with Crippen molar-refractivity contribution in [2.45, 2.75) is 63.8 Å². The van der Waals surface area contributed by atoms with Gasteiger partial charge in [0.05, 0.1) is 29.8 Å². The molecule has 2 aliphatic rings. The van der Waals surface area contributed by atoms with Gasteiger partial charge in [0.25, 0.3) is 11.8 Å². The van der Waals surface area contributed by atoms with Crippen molar-refractivity contribution >= 4 is 44.3 Å². The van der Waals surface area contributed by atoms with E-state index in [0.717, 1.165) is 17.0 Å². The summed E-state index contributed by atoms with van der Waals surface area (Å²) in [6.45, 7) is 9.71. The molecule has 39 heavy (non-hydrogen) atoms. The minimum atomic E-state index is -3.75.